The van der Waals surface area contributed by atoms with Gasteiger partial charge >= 0.3 is 11.9 Å². The number of hydrogen-bond acceptors (Lipinski definition) is 9. The van der Waals surface area contributed by atoms with Crippen molar-refractivity contribution in [2.75, 3.05) is 20.4 Å². The molecule has 2 atom stereocenters. The summed E-state index contributed by atoms with van der Waals surface area (Å²) >= 11 is 0. The Balaban J connectivity index is -0.000000101. The van der Waals surface area contributed by atoms with Crippen molar-refractivity contribution in [1.82, 2.24) is 21.3 Å². The first kappa shape index (κ1) is 64.3. The zero-order valence-electron chi connectivity index (χ0n) is 16.2. The van der Waals surface area contributed by atoms with Crippen molar-refractivity contribution in [3.8, 4) is 0 Å². The molecule has 0 saturated heterocycles. The molecule has 3 amide bonds. The highest BCUT2D eigenvalue weighted by Gasteiger charge is 2.21. The summed E-state index contributed by atoms with van der Waals surface area (Å²) in [6.07, 6.45) is -3.33. The fourth-order valence-electron chi connectivity index (χ4n) is 1.67. The van der Waals surface area contributed by atoms with E-state index in [0.717, 1.165) is 0 Å². The van der Waals surface area contributed by atoms with Crippen LogP contribution in [-0.4, -0.2) is 68.0 Å². The smallest absolute Gasteiger partial charge is 0.316 e. The third kappa shape index (κ3) is 33.0. The van der Waals surface area contributed by atoms with Gasteiger partial charge in [-0.3, -0.25) is 28.8 Å². The molecule has 0 radical (unpaired) electrons. The Morgan fingerprint density at radius 3 is 1.27 bits per heavy atom. The number of Topliss-reactive ketones (excluding diaryl/α,β-unsaturated/α-hetero) is 1. The maximum absolute atomic E-state index is 11.8. The summed E-state index contributed by atoms with van der Waals surface area (Å²) in [4.78, 5) is 68.6. The molecular formula is C25H62N4O8. The number of nitrogens with one attached hydrogen (secondary N) is 4. The van der Waals surface area contributed by atoms with Crippen molar-refractivity contribution in [2.24, 2.45) is 0 Å². The molecule has 0 bridgehead atoms. The molecule has 0 saturated carbocycles. The summed E-state index contributed by atoms with van der Waals surface area (Å²) in [7, 11) is 1.61. The third-order valence-corrected chi connectivity index (χ3v) is 3.04. The Morgan fingerprint density at radius 2 is 0.946 bits per heavy atom. The molecule has 0 fully saturated rings. The standard InChI is InChI=1S/C16H26N4O8.9CH4/c1-9(21)5-13(23)27-10(2)15(25)19-8-20-16(26)11(3)28-14(24)6-12(22)18-7-17-4;;;;;;;;;/h10-11,17H,5-8H2,1-4H3,(H,18,22)(H,19,25)(H,20,26);9*1H4. The van der Waals surface area contributed by atoms with Crippen LogP contribution in [0.4, 0.5) is 0 Å². The van der Waals surface area contributed by atoms with Crippen molar-refractivity contribution in [3.63, 3.8) is 0 Å². The maximum atomic E-state index is 11.8. The Labute approximate surface area is 228 Å². The lowest BCUT2D eigenvalue weighted by Crippen LogP contribution is -2.45. The second-order valence-electron chi connectivity index (χ2n) is 5.71. The van der Waals surface area contributed by atoms with Gasteiger partial charge in [0.2, 0.25) is 5.91 Å². The fourth-order valence-corrected chi connectivity index (χ4v) is 1.67. The molecule has 0 heterocycles. The molecule has 2 unspecified atom stereocenters. The van der Waals surface area contributed by atoms with Crippen molar-refractivity contribution < 1.29 is 38.2 Å². The van der Waals surface area contributed by atoms with Crippen molar-refractivity contribution in [1.29, 1.82) is 0 Å². The van der Waals surface area contributed by atoms with E-state index in [1.54, 1.807) is 7.05 Å². The van der Waals surface area contributed by atoms with E-state index in [-0.39, 0.29) is 80.2 Å². The predicted octanol–water partition coefficient (Wildman–Crippen LogP) is 3.43. The van der Waals surface area contributed by atoms with Crippen molar-refractivity contribution >= 4 is 35.4 Å². The van der Waals surface area contributed by atoms with E-state index >= 15 is 0 Å². The number of hydrogen-bond donors (Lipinski definition) is 4. The monoisotopic (exact) mass is 546 g/mol. The van der Waals surface area contributed by atoms with E-state index in [9.17, 15) is 28.8 Å². The summed E-state index contributed by atoms with van der Waals surface area (Å²) in [5.41, 5.74) is 0. The second kappa shape index (κ2) is 35.1. The van der Waals surface area contributed by atoms with Crippen LogP contribution in [0.2, 0.25) is 0 Å². The number of rotatable bonds is 12. The SMILES string of the molecule is C.C.C.C.C.C.C.C.C.CNCNC(=O)CC(=O)OC(C)C(=O)NCNC(=O)C(C)OC(=O)CC(C)=O. The molecule has 12 nitrogen and oxygen atoms in total. The molecule has 37 heavy (non-hydrogen) atoms. The lowest BCUT2D eigenvalue weighted by atomic mass is 10.3. The largest absolute Gasteiger partial charge is 0.452 e. The average Bonchev–Trinajstić information content (AvgIpc) is 2.58. The van der Waals surface area contributed by atoms with Crippen LogP contribution in [0.15, 0.2) is 0 Å². The van der Waals surface area contributed by atoms with Crippen LogP contribution in [0.3, 0.4) is 0 Å². The fraction of sp³-hybridized carbons (Fsp3) is 0.760. The zero-order valence-corrected chi connectivity index (χ0v) is 16.2. The molecule has 0 aliphatic carbocycles. The summed E-state index contributed by atoms with van der Waals surface area (Å²) in [6, 6.07) is 0. The topological polar surface area (TPSA) is 169 Å². The minimum atomic E-state index is -1.19. The van der Waals surface area contributed by atoms with E-state index in [1.807, 2.05) is 0 Å². The van der Waals surface area contributed by atoms with Gasteiger partial charge in [-0.1, -0.05) is 66.8 Å². The highest BCUT2D eigenvalue weighted by atomic mass is 16.6. The van der Waals surface area contributed by atoms with Gasteiger partial charge in [-0.2, -0.15) is 0 Å². The van der Waals surface area contributed by atoms with E-state index in [4.69, 9.17) is 9.47 Å². The van der Waals surface area contributed by atoms with E-state index in [2.05, 4.69) is 21.3 Å². The van der Waals surface area contributed by atoms with Gasteiger partial charge in [-0.25, -0.2) is 0 Å². The van der Waals surface area contributed by atoms with Gasteiger partial charge in [0, 0.05) is 0 Å². The lowest BCUT2D eigenvalue weighted by Gasteiger charge is -2.16. The van der Waals surface area contributed by atoms with Crippen LogP contribution < -0.4 is 21.3 Å². The molecule has 0 aliphatic heterocycles. The van der Waals surface area contributed by atoms with Crippen LogP contribution in [0, 0.1) is 0 Å². The molecule has 0 spiro atoms. The Bertz CT molecular complexity index is 613. The van der Waals surface area contributed by atoms with Gasteiger partial charge in [0.25, 0.3) is 11.8 Å². The van der Waals surface area contributed by atoms with Crippen LogP contribution in [0.5, 0.6) is 0 Å². The molecule has 0 aliphatic rings. The first-order valence-corrected chi connectivity index (χ1v) is 8.41. The van der Waals surface area contributed by atoms with E-state index in [1.165, 1.54) is 20.8 Å². The van der Waals surface area contributed by atoms with E-state index < -0.39 is 60.5 Å². The number of ketones is 1. The van der Waals surface area contributed by atoms with Crippen LogP contribution in [-0.2, 0) is 38.2 Å². The van der Waals surface area contributed by atoms with Crippen LogP contribution in [0.1, 0.15) is 100 Å². The highest BCUT2D eigenvalue weighted by molar-refractivity contribution is 5.96. The van der Waals surface area contributed by atoms with E-state index in [0.29, 0.717) is 0 Å². The first-order valence-electron chi connectivity index (χ1n) is 8.41. The summed E-state index contributed by atoms with van der Waals surface area (Å²) < 4.78 is 9.56. The number of esters is 2. The molecule has 230 valence electrons. The minimum absolute atomic E-state index is 0. The Morgan fingerprint density at radius 1 is 0.595 bits per heavy atom. The van der Waals surface area contributed by atoms with Crippen LogP contribution >= 0.6 is 0 Å². The maximum Gasteiger partial charge on any atom is 0.316 e. The molecule has 0 aromatic carbocycles. The first-order chi connectivity index (χ1) is 13.1. The van der Waals surface area contributed by atoms with Gasteiger partial charge in [0.05, 0.1) is 13.3 Å². The molecule has 4 N–H and O–H groups in total. The number of ether oxygens (including phenoxy) is 2. The van der Waals surface area contributed by atoms with Crippen LogP contribution in [0.25, 0.3) is 0 Å². The zero-order chi connectivity index (χ0) is 21.7. The highest BCUT2D eigenvalue weighted by Crippen LogP contribution is 1.97. The molecule has 0 aromatic heterocycles. The summed E-state index contributed by atoms with van der Waals surface area (Å²) in [6.45, 7) is 3.69. The molecule has 0 aromatic rings. The van der Waals surface area contributed by atoms with Crippen molar-refractivity contribution in [2.45, 2.75) is 113 Å². The predicted molar refractivity (Wildman–Crippen MR) is 155 cm³/mol. The lowest BCUT2D eigenvalue weighted by molar-refractivity contribution is -0.156. The van der Waals surface area contributed by atoms with Gasteiger partial charge in [-0.15, -0.1) is 0 Å². The molecular weight excluding hydrogens is 484 g/mol. The normalized spacial score (nSPS) is 9.19. The Kier molecular flexibility index (Phi) is 61.0. The molecule has 12 heteroatoms. The Hall–Kier alpha value is -3.02. The van der Waals surface area contributed by atoms with Crippen molar-refractivity contribution in [3.05, 3.63) is 0 Å². The third-order valence-electron chi connectivity index (χ3n) is 3.04. The summed E-state index contributed by atoms with van der Waals surface area (Å²) in [5, 5.41) is 9.64. The van der Waals surface area contributed by atoms with Gasteiger partial charge in [0.15, 0.2) is 12.2 Å². The van der Waals surface area contributed by atoms with Gasteiger partial charge in [0.1, 0.15) is 18.6 Å². The average molecular weight is 547 g/mol. The summed E-state index contributed by atoms with van der Waals surface area (Å²) in [5.74, 6) is -4.07. The molecule has 0 rings (SSSR count). The number of carbonyl (C=O) groups excluding carboxylic acids is 6. The minimum Gasteiger partial charge on any atom is -0.452 e. The quantitative estimate of drug-likeness (QED) is 0.163. The second-order valence-corrected chi connectivity index (χ2v) is 5.71. The number of amides is 3. The van der Waals surface area contributed by atoms with Gasteiger partial charge in [-0.05, 0) is 27.8 Å². The van der Waals surface area contributed by atoms with Gasteiger partial charge < -0.3 is 30.7 Å². The number of carbonyl (C=O) groups is 6.